The first-order chi connectivity index (χ1) is 17.4. The molecule has 0 aromatic carbocycles. The summed E-state index contributed by atoms with van der Waals surface area (Å²) in [7, 11) is 3.45. The van der Waals surface area contributed by atoms with Gasteiger partial charge in [-0.25, -0.2) is 0 Å². The zero-order chi connectivity index (χ0) is 27.9. The molecule has 2 saturated heterocycles. The zero-order valence-corrected chi connectivity index (χ0v) is 24.8. The SMILES string of the molecule is COC[C@@H]1CCCN1C(=O)/C(C)=C/C(C(C)C)N(C)C(=O)C(NC(=O)C1CCCCN1C(C)C)C(C)C. The van der Waals surface area contributed by atoms with Crippen LogP contribution in [-0.4, -0.2) is 96.5 Å². The molecule has 2 rings (SSSR count). The van der Waals surface area contributed by atoms with E-state index < -0.39 is 6.04 Å². The molecule has 8 nitrogen and oxygen atoms in total. The van der Waals surface area contributed by atoms with Crippen LogP contribution < -0.4 is 5.32 Å². The van der Waals surface area contributed by atoms with Crippen molar-refractivity contribution in [3.63, 3.8) is 0 Å². The maximum Gasteiger partial charge on any atom is 0.249 e. The maximum atomic E-state index is 13.8. The Labute approximate surface area is 225 Å². The molecule has 0 bridgehead atoms. The molecule has 8 heteroatoms. The van der Waals surface area contributed by atoms with E-state index in [1.54, 1.807) is 19.1 Å². The molecular formula is C29H52N4O4. The van der Waals surface area contributed by atoms with Crippen molar-refractivity contribution in [1.82, 2.24) is 20.0 Å². The number of hydrogen-bond acceptors (Lipinski definition) is 5. The van der Waals surface area contributed by atoms with E-state index in [2.05, 4.69) is 37.9 Å². The molecule has 37 heavy (non-hydrogen) atoms. The third kappa shape index (κ3) is 8.03. The number of carbonyl (C=O) groups excluding carboxylic acids is 3. The van der Waals surface area contributed by atoms with E-state index in [1.165, 1.54) is 0 Å². The average molecular weight is 521 g/mol. The summed E-state index contributed by atoms with van der Waals surface area (Å²) in [4.78, 5) is 46.2. The van der Waals surface area contributed by atoms with Gasteiger partial charge in [0, 0.05) is 32.3 Å². The predicted octanol–water partition coefficient (Wildman–Crippen LogP) is 3.46. The van der Waals surface area contributed by atoms with Gasteiger partial charge in [0.25, 0.3) is 0 Å². The van der Waals surface area contributed by atoms with Crippen molar-refractivity contribution < 1.29 is 19.1 Å². The highest BCUT2D eigenvalue weighted by atomic mass is 16.5. The molecule has 2 aliphatic heterocycles. The standard InChI is InChI=1S/C29H52N4O4/c1-19(2)25(17-22(7)28(35)33-16-12-13-23(33)18-37-9)31(8)29(36)26(20(3)4)30-27(34)24-14-10-11-15-32(24)21(5)6/h17,19-21,23-26H,10-16,18H2,1-9H3,(H,30,34)/b22-17+/t23-,24?,25?,26?/m0/s1. The molecule has 1 N–H and O–H groups in total. The second-order valence-corrected chi connectivity index (χ2v) is 11.9. The van der Waals surface area contributed by atoms with Crippen LogP contribution in [0.4, 0.5) is 0 Å². The molecule has 0 aromatic heterocycles. The number of ether oxygens (including phenoxy) is 1. The summed E-state index contributed by atoms with van der Waals surface area (Å²) in [5.74, 6) is -0.137. The molecule has 3 amide bonds. The maximum absolute atomic E-state index is 13.8. The number of carbonyl (C=O) groups is 3. The van der Waals surface area contributed by atoms with E-state index in [4.69, 9.17) is 4.74 Å². The lowest BCUT2D eigenvalue weighted by atomic mass is 9.95. The third-order valence-corrected chi connectivity index (χ3v) is 7.97. The lowest BCUT2D eigenvalue weighted by Crippen LogP contribution is -2.58. The molecule has 2 heterocycles. The average Bonchev–Trinajstić information content (AvgIpc) is 3.32. The highest BCUT2D eigenvalue weighted by Gasteiger charge is 2.36. The van der Waals surface area contributed by atoms with Crippen molar-refractivity contribution in [2.75, 3.05) is 33.9 Å². The fourth-order valence-electron chi connectivity index (χ4n) is 5.76. The summed E-state index contributed by atoms with van der Waals surface area (Å²) < 4.78 is 5.31. The van der Waals surface area contributed by atoms with Crippen molar-refractivity contribution >= 4 is 17.7 Å². The minimum absolute atomic E-state index is 0.00540. The fourth-order valence-corrected chi connectivity index (χ4v) is 5.76. The minimum atomic E-state index is -0.622. The van der Waals surface area contributed by atoms with E-state index in [-0.39, 0.29) is 53.7 Å². The van der Waals surface area contributed by atoms with Crippen LogP contribution >= 0.6 is 0 Å². The quantitative estimate of drug-likeness (QED) is 0.422. The summed E-state index contributed by atoms with van der Waals surface area (Å²) in [5, 5.41) is 3.10. The van der Waals surface area contributed by atoms with E-state index in [1.807, 2.05) is 31.7 Å². The number of rotatable bonds is 11. The van der Waals surface area contributed by atoms with Crippen molar-refractivity contribution in [3.05, 3.63) is 11.6 Å². The van der Waals surface area contributed by atoms with Crippen molar-refractivity contribution in [2.45, 2.75) is 111 Å². The van der Waals surface area contributed by atoms with Crippen LogP contribution in [0.5, 0.6) is 0 Å². The first-order valence-corrected chi connectivity index (χ1v) is 14.2. The molecule has 0 aromatic rings. The van der Waals surface area contributed by atoms with Gasteiger partial charge in [-0.2, -0.15) is 0 Å². The predicted molar refractivity (Wildman–Crippen MR) is 148 cm³/mol. The molecule has 0 spiro atoms. The second kappa shape index (κ2) is 14.3. The number of amides is 3. The first-order valence-electron chi connectivity index (χ1n) is 14.2. The van der Waals surface area contributed by atoms with Crippen molar-refractivity contribution in [2.24, 2.45) is 11.8 Å². The van der Waals surface area contributed by atoms with E-state index in [9.17, 15) is 14.4 Å². The molecule has 2 fully saturated rings. The molecule has 0 radical (unpaired) electrons. The first kappa shape index (κ1) is 31.3. The van der Waals surface area contributed by atoms with Gasteiger partial charge in [0.15, 0.2) is 0 Å². The Morgan fingerprint density at radius 3 is 2.24 bits per heavy atom. The molecule has 3 unspecified atom stereocenters. The normalized spacial score (nSPS) is 23.0. The Balaban J connectivity index is 2.19. The number of hydrogen-bond donors (Lipinski definition) is 1. The van der Waals surface area contributed by atoms with Gasteiger partial charge in [0.1, 0.15) is 6.04 Å². The number of piperidine rings is 1. The summed E-state index contributed by atoms with van der Waals surface area (Å²) >= 11 is 0. The number of nitrogens with zero attached hydrogens (tertiary/aromatic N) is 3. The Morgan fingerprint density at radius 1 is 1.00 bits per heavy atom. The van der Waals surface area contributed by atoms with Gasteiger partial charge in [-0.1, -0.05) is 40.2 Å². The largest absolute Gasteiger partial charge is 0.383 e. The van der Waals surface area contributed by atoms with E-state index in [0.29, 0.717) is 12.2 Å². The Kier molecular flexibility index (Phi) is 12.1. The lowest BCUT2D eigenvalue weighted by Gasteiger charge is -2.39. The summed E-state index contributed by atoms with van der Waals surface area (Å²) in [6.07, 6.45) is 6.79. The van der Waals surface area contributed by atoms with Gasteiger partial charge < -0.3 is 19.9 Å². The second-order valence-electron chi connectivity index (χ2n) is 11.9. The highest BCUT2D eigenvalue weighted by Crippen LogP contribution is 2.23. The van der Waals surface area contributed by atoms with Crippen LogP contribution in [0.15, 0.2) is 11.6 Å². The number of likely N-dealkylation sites (tertiary alicyclic amines) is 2. The molecule has 2 aliphatic rings. The van der Waals surface area contributed by atoms with Gasteiger partial charge in [0.2, 0.25) is 17.7 Å². The third-order valence-electron chi connectivity index (χ3n) is 7.97. The summed E-state index contributed by atoms with van der Waals surface area (Å²) in [6.45, 7) is 16.3. The molecule has 0 aliphatic carbocycles. The Morgan fingerprint density at radius 2 is 1.68 bits per heavy atom. The number of nitrogens with one attached hydrogen (secondary N) is 1. The van der Waals surface area contributed by atoms with Crippen molar-refractivity contribution in [3.8, 4) is 0 Å². The number of methoxy groups -OCH3 is 1. The van der Waals surface area contributed by atoms with Crippen LogP contribution in [0.25, 0.3) is 0 Å². The molecule has 0 saturated carbocycles. The monoisotopic (exact) mass is 520 g/mol. The van der Waals surface area contributed by atoms with E-state index in [0.717, 1.165) is 45.2 Å². The summed E-state index contributed by atoms with van der Waals surface area (Å²) in [6, 6.07) is -0.705. The van der Waals surface area contributed by atoms with Crippen LogP contribution in [0.2, 0.25) is 0 Å². The van der Waals surface area contributed by atoms with Gasteiger partial charge in [-0.15, -0.1) is 0 Å². The molecular weight excluding hydrogens is 468 g/mol. The topological polar surface area (TPSA) is 82.2 Å². The van der Waals surface area contributed by atoms with Gasteiger partial charge >= 0.3 is 0 Å². The minimum Gasteiger partial charge on any atom is -0.383 e. The lowest BCUT2D eigenvalue weighted by molar-refractivity contribution is -0.140. The van der Waals surface area contributed by atoms with Crippen molar-refractivity contribution in [1.29, 1.82) is 0 Å². The zero-order valence-electron chi connectivity index (χ0n) is 24.8. The van der Waals surface area contributed by atoms with Gasteiger partial charge in [-0.3, -0.25) is 19.3 Å². The van der Waals surface area contributed by atoms with Crippen LogP contribution in [-0.2, 0) is 19.1 Å². The smallest absolute Gasteiger partial charge is 0.249 e. The number of likely N-dealkylation sites (N-methyl/N-ethyl adjacent to an activating group) is 1. The summed E-state index contributed by atoms with van der Waals surface area (Å²) in [5.41, 5.74) is 0.640. The van der Waals surface area contributed by atoms with Crippen LogP contribution in [0.3, 0.4) is 0 Å². The Hall–Kier alpha value is -1.93. The molecule has 4 atom stereocenters. The van der Waals surface area contributed by atoms with Gasteiger partial charge in [0.05, 0.1) is 24.7 Å². The van der Waals surface area contributed by atoms with Gasteiger partial charge in [-0.05, 0) is 64.8 Å². The Bertz CT molecular complexity index is 810. The highest BCUT2D eigenvalue weighted by molar-refractivity contribution is 5.94. The van der Waals surface area contributed by atoms with Crippen LogP contribution in [0.1, 0.15) is 80.6 Å². The van der Waals surface area contributed by atoms with Crippen LogP contribution in [0, 0.1) is 11.8 Å². The van der Waals surface area contributed by atoms with E-state index >= 15 is 0 Å². The fraction of sp³-hybridized carbons (Fsp3) is 0.828. The molecule has 212 valence electrons.